The molecule has 2 heterocycles. The zero-order valence-corrected chi connectivity index (χ0v) is 24.4. The molecular formula is C29H30F4N4O3Si. The fourth-order valence-corrected chi connectivity index (χ4v) is 5.06. The van der Waals surface area contributed by atoms with Gasteiger partial charge in [-0.05, 0) is 37.2 Å². The number of ether oxygens (including phenoxy) is 1. The maximum absolute atomic E-state index is 15.1. The first-order chi connectivity index (χ1) is 19.2. The number of anilines is 1. The quantitative estimate of drug-likeness (QED) is 0.151. The van der Waals surface area contributed by atoms with Gasteiger partial charge >= 0.3 is 6.03 Å². The highest BCUT2D eigenvalue weighted by Crippen LogP contribution is 2.39. The second-order valence-electron chi connectivity index (χ2n) is 11.3. The third-order valence-electron chi connectivity index (χ3n) is 6.95. The molecule has 0 saturated carbocycles. The third kappa shape index (κ3) is 6.52. The summed E-state index contributed by atoms with van der Waals surface area (Å²) in [4.78, 5) is 28.3. The molecule has 0 bridgehead atoms. The van der Waals surface area contributed by atoms with Gasteiger partial charge in [0.25, 0.3) is 0 Å². The predicted octanol–water partition coefficient (Wildman–Crippen LogP) is 5.86. The molecule has 2 aromatic carbocycles. The van der Waals surface area contributed by atoms with Gasteiger partial charge in [-0.1, -0.05) is 31.5 Å². The second kappa shape index (κ2) is 11.5. The number of carbonyl (C=O) groups excluding carboxylic acids is 2. The number of rotatable bonds is 7. The molecule has 1 unspecified atom stereocenters. The van der Waals surface area contributed by atoms with Gasteiger partial charge in [-0.2, -0.15) is 5.10 Å². The van der Waals surface area contributed by atoms with Crippen LogP contribution in [0.2, 0.25) is 25.7 Å². The second-order valence-corrected chi connectivity index (χ2v) is 16.9. The Morgan fingerprint density at radius 3 is 2.34 bits per heavy atom. The number of halogens is 4. The fourth-order valence-electron chi connectivity index (χ4n) is 4.31. The van der Waals surface area contributed by atoms with Gasteiger partial charge in [0.2, 0.25) is 5.91 Å². The molecule has 1 saturated heterocycles. The molecule has 0 aliphatic carbocycles. The van der Waals surface area contributed by atoms with Crippen molar-refractivity contribution in [1.29, 1.82) is 0 Å². The van der Waals surface area contributed by atoms with Gasteiger partial charge < -0.3 is 9.64 Å². The largest absolute Gasteiger partial charge is 0.360 e. The lowest BCUT2D eigenvalue weighted by atomic mass is 9.87. The Morgan fingerprint density at radius 1 is 1.02 bits per heavy atom. The standard InChI is InChI=1S/C29H30F4N4O3Si/c1-29(21-16-34-36(17-21)18-40-10-11-41(3,4)5)15-26(38)37(28(39)35(29)2)27-24(32)12-19(13-25(27)33)6-7-20-8-9-22(30)14-23(20)31/h8-9,12-14,16-17H,10-11,15,18H2,1-5H3. The van der Waals surface area contributed by atoms with Crippen molar-refractivity contribution in [2.45, 2.75) is 51.3 Å². The van der Waals surface area contributed by atoms with E-state index in [1.807, 2.05) is 0 Å². The number of aromatic nitrogens is 2. The highest BCUT2D eigenvalue weighted by Gasteiger charge is 2.48. The molecule has 1 aliphatic rings. The summed E-state index contributed by atoms with van der Waals surface area (Å²) in [5.74, 6) is -0.108. The first-order valence-electron chi connectivity index (χ1n) is 12.9. The molecule has 216 valence electrons. The molecule has 1 atom stereocenters. The van der Waals surface area contributed by atoms with E-state index in [9.17, 15) is 18.4 Å². The van der Waals surface area contributed by atoms with Crippen LogP contribution in [0.15, 0.2) is 42.7 Å². The van der Waals surface area contributed by atoms with E-state index in [-0.39, 0.29) is 24.3 Å². The van der Waals surface area contributed by atoms with Gasteiger partial charge in [0.15, 0.2) is 11.6 Å². The maximum atomic E-state index is 15.1. The fraction of sp³-hybridized carbons (Fsp3) is 0.345. The predicted molar refractivity (Wildman–Crippen MR) is 148 cm³/mol. The van der Waals surface area contributed by atoms with Crippen LogP contribution < -0.4 is 4.90 Å². The maximum Gasteiger partial charge on any atom is 0.332 e. The van der Waals surface area contributed by atoms with E-state index in [0.29, 0.717) is 23.1 Å². The number of carbonyl (C=O) groups is 2. The summed E-state index contributed by atoms with van der Waals surface area (Å²) in [6.45, 7) is 9.22. The Hall–Kier alpha value is -3.95. The summed E-state index contributed by atoms with van der Waals surface area (Å²) in [7, 11) is 0.193. The molecule has 4 rings (SSSR count). The summed E-state index contributed by atoms with van der Waals surface area (Å²) >= 11 is 0. The van der Waals surface area contributed by atoms with Crippen molar-refractivity contribution < 1.29 is 31.9 Å². The zero-order valence-electron chi connectivity index (χ0n) is 23.4. The summed E-state index contributed by atoms with van der Waals surface area (Å²) in [6.07, 6.45) is 2.95. The van der Waals surface area contributed by atoms with Crippen molar-refractivity contribution in [3.05, 3.63) is 82.7 Å². The Balaban J connectivity index is 1.53. The van der Waals surface area contributed by atoms with Gasteiger partial charge in [0, 0.05) is 45.1 Å². The lowest BCUT2D eigenvalue weighted by Gasteiger charge is -2.45. The molecule has 41 heavy (non-hydrogen) atoms. The van der Waals surface area contributed by atoms with Crippen LogP contribution in [-0.2, 0) is 21.8 Å². The minimum Gasteiger partial charge on any atom is -0.360 e. The zero-order chi connectivity index (χ0) is 30.1. The summed E-state index contributed by atoms with van der Waals surface area (Å²) in [5.41, 5.74) is -1.73. The Bertz CT molecular complexity index is 1540. The Labute approximate surface area is 236 Å². The molecular weight excluding hydrogens is 556 g/mol. The van der Waals surface area contributed by atoms with Crippen LogP contribution in [0.4, 0.5) is 28.0 Å². The van der Waals surface area contributed by atoms with Gasteiger partial charge in [-0.3, -0.25) is 4.79 Å². The SMILES string of the molecule is CN1C(=O)N(c2c(F)cc(C#Cc3ccc(F)cc3F)cc2F)C(=O)CC1(C)c1cnn(COCC[Si](C)(C)C)c1. The van der Waals surface area contributed by atoms with Crippen LogP contribution in [0.5, 0.6) is 0 Å². The van der Waals surface area contributed by atoms with Gasteiger partial charge in [-0.15, -0.1) is 0 Å². The molecule has 1 aliphatic heterocycles. The summed E-state index contributed by atoms with van der Waals surface area (Å²) in [5, 5.41) is 4.28. The van der Waals surface area contributed by atoms with Gasteiger partial charge in [0.1, 0.15) is 24.1 Å². The average molecular weight is 587 g/mol. The molecule has 0 radical (unpaired) electrons. The normalized spacial score (nSPS) is 17.6. The first kappa shape index (κ1) is 30.0. The highest BCUT2D eigenvalue weighted by atomic mass is 28.3. The minimum atomic E-state index is -1.25. The van der Waals surface area contributed by atoms with Crippen LogP contribution in [0.3, 0.4) is 0 Å². The number of amides is 3. The Morgan fingerprint density at radius 2 is 1.71 bits per heavy atom. The number of nitrogens with zero attached hydrogens (tertiary/aromatic N) is 4. The van der Waals surface area contributed by atoms with E-state index >= 15 is 8.78 Å². The molecule has 12 heteroatoms. The van der Waals surface area contributed by atoms with Crippen LogP contribution in [0.25, 0.3) is 0 Å². The molecule has 3 amide bonds. The molecule has 1 fully saturated rings. The first-order valence-corrected chi connectivity index (χ1v) is 16.6. The van der Waals surface area contributed by atoms with Crippen molar-refractivity contribution in [1.82, 2.24) is 14.7 Å². The smallest absolute Gasteiger partial charge is 0.332 e. The number of hydrogen-bond donors (Lipinski definition) is 0. The summed E-state index contributed by atoms with van der Waals surface area (Å²) in [6, 6.07) is 4.49. The van der Waals surface area contributed by atoms with Gasteiger partial charge in [0.05, 0.1) is 23.7 Å². The lowest BCUT2D eigenvalue weighted by Crippen LogP contribution is -2.60. The van der Waals surface area contributed by atoms with E-state index in [2.05, 4.69) is 36.6 Å². The van der Waals surface area contributed by atoms with Crippen LogP contribution in [0.1, 0.15) is 30.0 Å². The van der Waals surface area contributed by atoms with E-state index in [0.717, 1.165) is 30.3 Å². The van der Waals surface area contributed by atoms with E-state index in [1.165, 1.54) is 18.1 Å². The van der Waals surface area contributed by atoms with Gasteiger partial charge in [-0.25, -0.2) is 31.9 Å². The van der Waals surface area contributed by atoms with Crippen molar-refractivity contribution in [3.8, 4) is 11.8 Å². The Kier molecular flexibility index (Phi) is 8.42. The topological polar surface area (TPSA) is 67.7 Å². The average Bonchev–Trinajstić information content (AvgIpc) is 3.36. The van der Waals surface area contributed by atoms with Crippen molar-refractivity contribution >= 4 is 25.7 Å². The van der Waals surface area contributed by atoms with Crippen LogP contribution in [-0.4, -0.2) is 48.3 Å². The molecule has 0 N–H and O–H groups in total. The molecule has 1 aromatic heterocycles. The number of benzene rings is 2. The molecule has 0 spiro atoms. The van der Waals surface area contributed by atoms with Crippen molar-refractivity contribution in [2.75, 3.05) is 18.6 Å². The van der Waals surface area contributed by atoms with E-state index < -0.39 is 54.5 Å². The van der Waals surface area contributed by atoms with Crippen molar-refractivity contribution in [2.24, 2.45) is 0 Å². The van der Waals surface area contributed by atoms with Crippen LogP contribution in [0, 0.1) is 35.1 Å². The number of urea groups is 1. The number of imide groups is 1. The van der Waals surface area contributed by atoms with E-state index in [1.54, 1.807) is 17.8 Å². The lowest BCUT2D eigenvalue weighted by molar-refractivity contribution is -0.122. The highest BCUT2D eigenvalue weighted by molar-refractivity contribution is 6.76. The van der Waals surface area contributed by atoms with Crippen molar-refractivity contribution in [3.63, 3.8) is 0 Å². The molecule has 7 nitrogen and oxygen atoms in total. The van der Waals surface area contributed by atoms with Crippen LogP contribution >= 0.6 is 0 Å². The number of hydrogen-bond acceptors (Lipinski definition) is 4. The summed E-state index contributed by atoms with van der Waals surface area (Å²) < 4.78 is 64.5. The molecule has 3 aromatic rings. The third-order valence-corrected chi connectivity index (χ3v) is 8.66. The van der Waals surface area contributed by atoms with E-state index in [4.69, 9.17) is 4.74 Å². The monoisotopic (exact) mass is 586 g/mol. The minimum absolute atomic E-state index is 0.165.